The zero-order valence-corrected chi connectivity index (χ0v) is 24.6. The second-order valence-electron chi connectivity index (χ2n) is 12.2. The third-order valence-corrected chi connectivity index (χ3v) is 12.7. The zero-order chi connectivity index (χ0) is 27.3. The number of carbonyl (C=O) groups excluding carboxylic acids is 1. The Morgan fingerprint density at radius 1 is 1.13 bits per heavy atom. The van der Waals surface area contributed by atoms with E-state index >= 15 is 0 Å². The van der Waals surface area contributed by atoms with Gasteiger partial charge in [0, 0.05) is 12.3 Å². The number of aromatic nitrogens is 4. The van der Waals surface area contributed by atoms with Crippen LogP contribution in [0.4, 0.5) is 0 Å². The minimum absolute atomic E-state index is 0.152. The van der Waals surface area contributed by atoms with E-state index in [0.29, 0.717) is 24.3 Å². The van der Waals surface area contributed by atoms with Crippen LogP contribution < -0.4 is 0 Å². The maximum Gasteiger partial charge on any atom is 0.360 e. The Morgan fingerprint density at radius 3 is 2.58 bits per heavy atom. The Kier molecular flexibility index (Phi) is 8.87. The van der Waals surface area contributed by atoms with E-state index in [1.54, 1.807) is 4.68 Å². The van der Waals surface area contributed by atoms with Crippen molar-refractivity contribution < 1.29 is 18.4 Å². The van der Waals surface area contributed by atoms with Crippen LogP contribution in [-0.2, 0) is 28.5 Å². The lowest BCUT2D eigenvalue weighted by Gasteiger charge is -2.43. The molecule has 3 unspecified atom stereocenters. The molecular formula is C29H42N4O4Si. The first-order chi connectivity index (χ1) is 18.0. The highest BCUT2D eigenvalue weighted by Crippen LogP contribution is 2.42. The lowest BCUT2D eigenvalue weighted by Crippen LogP contribution is -2.46. The molecule has 1 aliphatic rings. The molecular weight excluding hydrogens is 496 g/mol. The number of carbonyl (C=O) groups is 1. The summed E-state index contributed by atoms with van der Waals surface area (Å²) in [5, 5.41) is 8.92. The van der Waals surface area contributed by atoms with E-state index in [0.717, 1.165) is 31.4 Å². The third kappa shape index (κ3) is 7.41. The van der Waals surface area contributed by atoms with Crippen LogP contribution >= 0.6 is 0 Å². The molecule has 38 heavy (non-hydrogen) atoms. The van der Waals surface area contributed by atoms with Crippen molar-refractivity contribution in [1.29, 1.82) is 0 Å². The van der Waals surface area contributed by atoms with Crippen LogP contribution in [-0.4, -0.2) is 47.5 Å². The number of hydrogen-bond donors (Lipinski definition) is 0. The van der Waals surface area contributed by atoms with E-state index in [2.05, 4.69) is 79.5 Å². The summed E-state index contributed by atoms with van der Waals surface area (Å²) >= 11 is 0. The van der Waals surface area contributed by atoms with Crippen molar-refractivity contribution in [2.24, 2.45) is 11.8 Å². The smallest absolute Gasteiger partial charge is 0.360 e. The van der Waals surface area contributed by atoms with E-state index < -0.39 is 14.3 Å². The first kappa shape index (κ1) is 28.2. The van der Waals surface area contributed by atoms with Gasteiger partial charge in [-0.2, -0.15) is 0 Å². The quantitative estimate of drug-likeness (QED) is 0.228. The van der Waals surface area contributed by atoms with E-state index in [-0.39, 0.29) is 16.8 Å². The summed E-state index contributed by atoms with van der Waals surface area (Å²) in [4.78, 5) is 15.8. The Morgan fingerprint density at radius 2 is 1.87 bits per heavy atom. The SMILES string of the molecule is COC(=O)c1coc(Cn2cc(CC3CC(CCc4ccccc4)CC(O[Si](C)(C)C(C)(C)C)C3)nn2)n1. The van der Waals surface area contributed by atoms with Crippen molar-refractivity contribution in [3.05, 3.63) is 65.6 Å². The second kappa shape index (κ2) is 11.9. The summed E-state index contributed by atoms with van der Waals surface area (Å²) in [5.74, 6) is 0.996. The van der Waals surface area contributed by atoms with Crippen LogP contribution in [0.5, 0.6) is 0 Å². The molecule has 2 aromatic heterocycles. The molecule has 3 aromatic rings. The maximum absolute atomic E-state index is 11.6. The Balaban J connectivity index is 1.41. The van der Waals surface area contributed by atoms with E-state index in [4.69, 9.17) is 13.6 Å². The average molecular weight is 539 g/mol. The van der Waals surface area contributed by atoms with Crippen molar-refractivity contribution in [1.82, 2.24) is 20.0 Å². The van der Waals surface area contributed by atoms with Gasteiger partial charge in [0.05, 0.1) is 12.8 Å². The van der Waals surface area contributed by atoms with Gasteiger partial charge in [-0.05, 0) is 74.1 Å². The minimum Gasteiger partial charge on any atom is -0.464 e. The standard InChI is InChI=1S/C29H42N4O4Si/c1-29(2,3)38(5,6)37-25-16-22(13-12-21-10-8-7-9-11-21)14-23(17-25)15-24-18-33(32-31-24)19-27-30-26(20-36-27)28(34)35-4/h7-11,18,20,22-23,25H,12-17,19H2,1-6H3. The molecule has 4 rings (SSSR count). The molecule has 0 amide bonds. The topological polar surface area (TPSA) is 92.3 Å². The van der Waals surface area contributed by atoms with Gasteiger partial charge in [-0.1, -0.05) is 56.3 Å². The number of ether oxygens (including phenoxy) is 1. The molecule has 0 spiro atoms. The Labute approximate surface area is 227 Å². The minimum atomic E-state index is -1.86. The van der Waals surface area contributed by atoms with Crippen molar-refractivity contribution in [3.63, 3.8) is 0 Å². The van der Waals surface area contributed by atoms with Crippen molar-refractivity contribution >= 4 is 14.3 Å². The molecule has 1 fully saturated rings. The fraction of sp³-hybridized carbons (Fsp3) is 0.586. The molecule has 0 aliphatic heterocycles. The van der Waals surface area contributed by atoms with Crippen molar-refractivity contribution in [2.75, 3.05) is 7.11 Å². The van der Waals surface area contributed by atoms with Gasteiger partial charge in [-0.15, -0.1) is 5.10 Å². The van der Waals surface area contributed by atoms with E-state index in [9.17, 15) is 4.79 Å². The number of esters is 1. The van der Waals surface area contributed by atoms with Gasteiger partial charge in [0.2, 0.25) is 5.89 Å². The molecule has 2 heterocycles. The second-order valence-corrected chi connectivity index (χ2v) is 16.9. The van der Waals surface area contributed by atoms with Crippen molar-refractivity contribution in [2.45, 2.75) is 90.1 Å². The molecule has 1 aliphatic carbocycles. The normalized spacial score (nSPS) is 20.4. The number of rotatable bonds is 10. The van der Waals surface area contributed by atoms with Crippen LogP contribution in [0.25, 0.3) is 0 Å². The predicted octanol–water partition coefficient (Wildman–Crippen LogP) is 6.08. The monoisotopic (exact) mass is 538 g/mol. The van der Waals surface area contributed by atoms with Gasteiger partial charge >= 0.3 is 5.97 Å². The van der Waals surface area contributed by atoms with E-state index in [1.165, 1.54) is 31.8 Å². The molecule has 0 saturated heterocycles. The lowest BCUT2D eigenvalue weighted by atomic mass is 9.76. The highest BCUT2D eigenvalue weighted by atomic mass is 28.4. The summed E-state index contributed by atoms with van der Waals surface area (Å²) in [6.45, 7) is 12.0. The predicted molar refractivity (Wildman–Crippen MR) is 148 cm³/mol. The molecule has 9 heteroatoms. The van der Waals surface area contributed by atoms with Crippen LogP contribution in [0.15, 0.2) is 47.2 Å². The molecule has 1 aromatic carbocycles. The molecule has 0 radical (unpaired) electrons. The van der Waals surface area contributed by atoms with Crippen LogP contribution in [0.3, 0.4) is 0 Å². The number of oxazole rings is 1. The van der Waals surface area contributed by atoms with Gasteiger partial charge in [0.1, 0.15) is 12.8 Å². The summed E-state index contributed by atoms with van der Waals surface area (Å²) in [5.41, 5.74) is 2.52. The van der Waals surface area contributed by atoms with Crippen LogP contribution in [0, 0.1) is 11.8 Å². The Bertz CT molecular complexity index is 1180. The highest BCUT2D eigenvalue weighted by Gasteiger charge is 2.41. The fourth-order valence-corrected chi connectivity index (χ4v) is 6.52. The summed E-state index contributed by atoms with van der Waals surface area (Å²) in [6, 6.07) is 10.8. The summed E-state index contributed by atoms with van der Waals surface area (Å²) < 4.78 is 18.8. The average Bonchev–Trinajstić information content (AvgIpc) is 3.51. The number of aryl methyl sites for hydroxylation is 1. The maximum atomic E-state index is 11.6. The lowest BCUT2D eigenvalue weighted by molar-refractivity contribution is 0.0593. The highest BCUT2D eigenvalue weighted by molar-refractivity contribution is 6.74. The largest absolute Gasteiger partial charge is 0.464 e. The van der Waals surface area contributed by atoms with Gasteiger partial charge in [0.25, 0.3) is 0 Å². The van der Waals surface area contributed by atoms with Gasteiger partial charge < -0.3 is 13.6 Å². The molecule has 8 nitrogen and oxygen atoms in total. The zero-order valence-electron chi connectivity index (χ0n) is 23.6. The molecule has 3 atom stereocenters. The van der Waals surface area contributed by atoms with Gasteiger partial charge in [-0.3, -0.25) is 0 Å². The first-order valence-electron chi connectivity index (χ1n) is 13.7. The summed E-state index contributed by atoms with van der Waals surface area (Å²) in [7, 11) is -0.542. The van der Waals surface area contributed by atoms with Crippen LogP contribution in [0.2, 0.25) is 18.1 Å². The first-order valence-corrected chi connectivity index (χ1v) is 16.6. The molecule has 0 N–H and O–H groups in total. The number of nitrogens with zero attached hydrogens (tertiary/aromatic N) is 4. The number of methoxy groups -OCH3 is 1. The fourth-order valence-electron chi connectivity index (χ4n) is 5.14. The molecule has 206 valence electrons. The van der Waals surface area contributed by atoms with Crippen molar-refractivity contribution in [3.8, 4) is 0 Å². The number of benzene rings is 1. The van der Waals surface area contributed by atoms with E-state index in [1.807, 2.05) is 6.20 Å². The summed E-state index contributed by atoms with van der Waals surface area (Å²) in [6.07, 6.45) is 10.1. The number of hydrogen-bond acceptors (Lipinski definition) is 7. The molecule has 0 bridgehead atoms. The Hall–Kier alpha value is -2.78. The van der Waals surface area contributed by atoms with Gasteiger partial charge in [0.15, 0.2) is 14.0 Å². The third-order valence-electron chi connectivity index (χ3n) is 8.14. The molecule has 1 saturated carbocycles. The van der Waals surface area contributed by atoms with Gasteiger partial charge in [-0.25, -0.2) is 14.5 Å². The van der Waals surface area contributed by atoms with Crippen LogP contribution in [0.1, 0.15) is 74.1 Å².